The van der Waals surface area contributed by atoms with Crippen molar-refractivity contribution in [2.45, 2.75) is 71.8 Å². The quantitative estimate of drug-likeness (QED) is 0.277. The van der Waals surface area contributed by atoms with E-state index < -0.39 is 18.2 Å². The van der Waals surface area contributed by atoms with Gasteiger partial charge in [0.1, 0.15) is 18.6 Å². The Bertz CT molecular complexity index is 1300. The van der Waals surface area contributed by atoms with Crippen molar-refractivity contribution in [3.63, 3.8) is 0 Å². The Kier molecular flexibility index (Phi) is 10.8. The summed E-state index contributed by atoms with van der Waals surface area (Å²) in [5.41, 5.74) is 3.05. The van der Waals surface area contributed by atoms with E-state index in [-0.39, 0.29) is 36.3 Å². The molecule has 11 nitrogen and oxygen atoms in total. The van der Waals surface area contributed by atoms with Crippen LogP contribution in [-0.2, 0) is 26.1 Å². The molecule has 0 aliphatic carbocycles. The molecule has 42 heavy (non-hydrogen) atoms. The lowest BCUT2D eigenvalue weighted by Gasteiger charge is -2.29. The lowest BCUT2D eigenvalue weighted by molar-refractivity contribution is -0.153. The van der Waals surface area contributed by atoms with Crippen LogP contribution in [0.15, 0.2) is 47.1 Å². The normalized spacial score (nSPS) is 16.7. The molecule has 1 aliphatic rings. The van der Waals surface area contributed by atoms with Gasteiger partial charge in [0.2, 0.25) is 11.8 Å². The first-order chi connectivity index (χ1) is 20.2. The summed E-state index contributed by atoms with van der Waals surface area (Å²) in [6, 6.07) is 10.9. The largest absolute Gasteiger partial charge is 0.470 e. The third-order valence-corrected chi connectivity index (χ3v) is 7.54. The van der Waals surface area contributed by atoms with Crippen LogP contribution < -0.4 is 10.1 Å². The Hall–Kier alpha value is -3.70. The zero-order valence-electron chi connectivity index (χ0n) is 25.4. The molecule has 0 radical (unpaired) electrons. The van der Waals surface area contributed by atoms with E-state index in [1.165, 1.54) is 0 Å². The maximum Gasteiger partial charge on any atom is 0.254 e. The molecule has 0 bridgehead atoms. The van der Waals surface area contributed by atoms with Crippen LogP contribution in [-0.4, -0.2) is 70.3 Å². The summed E-state index contributed by atoms with van der Waals surface area (Å²) in [6.07, 6.45) is 2.61. The van der Waals surface area contributed by atoms with Crippen molar-refractivity contribution in [3.8, 4) is 17.1 Å². The highest BCUT2D eigenvalue weighted by molar-refractivity contribution is 5.91. The predicted octanol–water partition coefficient (Wildman–Crippen LogP) is 4.46. The number of nitrogens with one attached hydrogen (secondary N) is 1. The molecule has 11 heteroatoms. The van der Waals surface area contributed by atoms with Crippen molar-refractivity contribution < 1.29 is 28.3 Å². The second kappa shape index (κ2) is 14.5. The van der Waals surface area contributed by atoms with Gasteiger partial charge in [0.05, 0.1) is 11.7 Å². The molecular weight excluding hydrogens is 538 g/mol. The fourth-order valence-electron chi connectivity index (χ4n) is 5.37. The molecule has 3 unspecified atom stereocenters. The van der Waals surface area contributed by atoms with E-state index in [4.69, 9.17) is 18.7 Å². The fourth-order valence-corrected chi connectivity index (χ4v) is 5.37. The van der Waals surface area contributed by atoms with Crippen LogP contribution in [0.25, 0.3) is 11.3 Å². The van der Waals surface area contributed by atoms with E-state index in [9.17, 15) is 9.59 Å². The molecule has 1 saturated heterocycles. The van der Waals surface area contributed by atoms with Crippen molar-refractivity contribution in [2.24, 2.45) is 13.0 Å². The molecule has 3 heterocycles. The smallest absolute Gasteiger partial charge is 0.254 e. The summed E-state index contributed by atoms with van der Waals surface area (Å²) in [4.78, 5) is 29.0. The minimum Gasteiger partial charge on any atom is -0.470 e. The van der Waals surface area contributed by atoms with Gasteiger partial charge in [-0.15, -0.1) is 0 Å². The number of rotatable bonds is 14. The number of ether oxygens (including phenoxy) is 3. The second-order valence-corrected chi connectivity index (χ2v) is 10.8. The Morgan fingerprint density at radius 3 is 2.43 bits per heavy atom. The van der Waals surface area contributed by atoms with Crippen LogP contribution in [0.4, 0.5) is 0 Å². The molecular formula is C31H43N5O6. The van der Waals surface area contributed by atoms with Gasteiger partial charge in [0.25, 0.3) is 5.88 Å². The summed E-state index contributed by atoms with van der Waals surface area (Å²) < 4.78 is 24.1. The topological polar surface area (TPSA) is 121 Å². The van der Waals surface area contributed by atoms with Crippen molar-refractivity contribution in [1.29, 1.82) is 0 Å². The van der Waals surface area contributed by atoms with E-state index >= 15 is 0 Å². The van der Waals surface area contributed by atoms with Crippen LogP contribution in [0.3, 0.4) is 0 Å². The summed E-state index contributed by atoms with van der Waals surface area (Å²) in [5.74, 6) is -0.339. The predicted molar refractivity (Wildman–Crippen MR) is 157 cm³/mol. The number of aromatic nitrogens is 3. The van der Waals surface area contributed by atoms with E-state index in [1.807, 2.05) is 76.7 Å². The molecule has 4 rings (SSSR count). The molecule has 228 valence electrons. The minimum absolute atomic E-state index is 0.0842. The summed E-state index contributed by atoms with van der Waals surface area (Å²) in [7, 11) is 1.90. The second-order valence-electron chi connectivity index (χ2n) is 10.8. The molecule has 0 saturated carbocycles. The lowest BCUT2D eigenvalue weighted by Crippen LogP contribution is -2.48. The molecule has 2 amide bonds. The van der Waals surface area contributed by atoms with Crippen molar-refractivity contribution >= 4 is 11.8 Å². The Labute approximate surface area is 247 Å². The van der Waals surface area contributed by atoms with Gasteiger partial charge in [-0.1, -0.05) is 38.1 Å². The number of carbonyl (C=O) groups excluding carboxylic acids is 2. The monoisotopic (exact) mass is 581 g/mol. The molecule has 2 aromatic heterocycles. The maximum absolute atomic E-state index is 13.9. The zero-order valence-corrected chi connectivity index (χ0v) is 25.4. The first kappa shape index (κ1) is 31.2. The van der Waals surface area contributed by atoms with Crippen LogP contribution in [0.1, 0.15) is 70.7 Å². The highest BCUT2D eigenvalue weighted by Gasteiger charge is 2.40. The van der Waals surface area contributed by atoms with Crippen molar-refractivity contribution in [3.05, 3.63) is 53.9 Å². The number of amides is 2. The van der Waals surface area contributed by atoms with Crippen molar-refractivity contribution in [2.75, 3.05) is 26.4 Å². The number of likely N-dealkylation sites (tertiary alicyclic amines) is 1. The van der Waals surface area contributed by atoms with Crippen LogP contribution in [0.2, 0.25) is 0 Å². The average molecular weight is 582 g/mol. The standard InChI is InChI=1S/C31H43N5O6/c1-7-39-28(40-8-2)19-41-27-18-26(42-34-27)29(20(3)4)31(38)36-17-9-10-25(36)30(37)33-21(5)22-11-13-23(14-12-22)24-15-16-32-35(24)6/h11-16,18,20-21,25,28-29H,7-10,17,19H2,1-6H3,(H,33,37). The van der Waals surface area contributed by atoms with Gasteiger partial charge in [-0.25, -0.2) is 0 Å². The molecule has 1 aliphatic heterocycles. The Morgan fingerprint density at radius 1 is 1.10 bits per heavy atom. The third-order valence-electron chi connectivity index (χ3n) is 7.54. The lowest BCUT2D eigenvalue weighted by atomic mass is 9.91. The van der Waals surface area contributed by atoms with E-state index in [1.54, 1.807) is 17.2 Å². The van der Waals surface area contributed by atoms with E-state index in [0.29, 0.717) is 31.9 Å². The van der Waals surface area contributed by atoms with Crippen LogP contribution >= 0.6 is 0 Å². The Morgan fingerprint density at radius 2 is 1.81 bits per heavy atom. The molecule has 3 atom stereocenters. The van der Waals surface area contributed by atoms with Crippen molar-refractivity contribution in [1.82, 2.24) is 25.2 Å². The van der Waals surface area contributed by atoms with Gasteiger partial charge in [-0.05, 0) is 61.9 Å². The van der Waals surface area contributed by atoms with E-state index in [0.717, 1.165) is 23.2 Å². The number of benzene rings is 1. The van der Waals surface area contributed by atoms with Gasteiger partial charge < -0.3 is 29.0 Å². The fraction of sp³-hybridized carbons (Fsp3) is 0.548. The number of nitrogens with zero attached hydrogens (tertiary/aromatic N) is 4. The third kappa shape index (κ3) is 7.38. The van der Waals surface area contributed by atoms with Crippen LogP contribution in [0.5, 0.6) is 5.88 Å². The SMILES string of the molecule is CCOC(COc1cc(C(C(=O)N2CCCC2C(=O)NC(C)c2ccc(-c3ccnn3C)cc2)C(C)C)on1)OCC. The minimum atomic E-state index is -0.602. The number of hydrogen-bond donors (Lipinski definition) is 1. The van der Waals surface area contributed by atoms with Gasteiger partial charge in [0, 0.05) is 39.1 Å². The first-order valence-electron chi connectivity index (χ1n) is 14.7. The highest BCUT2D eigenvalue weighted by Crippen LogP contribution is 2.32. The number of aryl methyl sites for hydroxylation is 1. The maximum atomic E-state index is 13.9. The van der Waals surface area contributed by atoms with Gasteiger partial charge in [0.15, 0.2) is 12.1 Å². The number of hydrogen-bond acceptors (Lipinski definition) is 8. The summed E-state index contributed by atoms with van der Waals surface area (Å²) in [6.45, 7) is 11.3. The average Bonchev–Trinajstić information content (AvgIpc) is 3.73. The highest BCUT2D eigenvalue weighted by atomic mass is 16.7. The number of carbonyl (C=O) groups is 2. The molecule has 1 fully saturated rings. The zero-order chi connectivity index (χ0) is 30.2. The van der Waals surface area contributed by atoms with E-state index in [2.05, 4.69) is 15.6 Å². The molecule has 3 aromatic rings. The summed E-state index contributed by atoms with van der Waals surface area (Å²) >= 11 is 0. The summed E-state index contributed by atoms with van der Waals surface area (Å²) in [5, 5.41) is 11.4. The molecule has 1 aromatic carbocycles. The van der Waals surface area contributed by atoms with Gasteiger partial charge in [-0.3, -0.25) is 14.3 Å². The Balaban J connectivity index is 1.40. The van der Waals surface area contributed by atoms with Gasteiger partial charge >= 0.3 is 0 Å². The van der Waals surface area contributed by atoms with Crippen LogP contribution in [0, 0.1) is 5.92 Å². The molecule has 0 spiro atoms. The molecule has 1 N–H and O–H groups in total. The first-order valence-corrected chi connectivity index (χ1v) is 14.7. The van der Waals surface area contributed by atoms with Gasteiger partial charge in [-0.2, -0.15) is 5.10 Å².